The number of aromatic amines is 1. The van der Waals surface area contributed by atoms with E-state index in [0.29, 0.717) is 5.56 Å². The third-order valence-corrected chi connectivity index (χ3v) is 6.85. The van der Waals surface area contributed by atoms with Crippen LogP contribution in [0.1, 0.15) is 70.9 Å². The highest BCUT2D eigenvalue weighted by atomic mass is 35.5. The topological polar surface area (TPSA) is 109 Å². The van der Waals surface area contributed by atoms with E-state index in [1.54, 1.807) is 12.1 Å². The zero-order valence-corrected chi connectivity index (χ0v) is 21.8. The van der Waals surface area contributed by atoms with Gasteiger partial charge in [0.1, 0.15) is 5.56 Å². The summed E-state index contributed by atoms with van der Waals surface area (Å²) in [6, 6.07) is 8.89. The van der Waals surface area contributed by atoms with Crippen molar-refractivity contribution < 1.29 is 32.3 Å². The summed E-state index contributed by atoms with van der Waals surface area (Å²) in [5.41, 5.74) is 5.12. The Labute approximate surface area is 225 Å². The van der Waals surface area contributed by atoms with E-state index >= 15 is 0 Å². The molecule has 2 aromatic carbocycles. The van der Waals surface area contributed by atoms with Crippen molar-refractivity contribution in [1.29, 1.82) is 0 Å². The Morgan fingerprint density at radius 2 is 1.77 bits per heavy atom. The molecule has 4 aromatic rings. The van der Waals surface area contributed by atoms with E-state index in [2.05, 4.69) is 9.97 Å². The van der Waals surface area contributed by atoms with Gasteiger partial charge < -0.3 is 15.8 Å². The number of aromatic carboxylic acids is 1. The number of carbonyl (C=O) groups is 2. The van der Waals surface area contributed by atoms with Crippen molar-refractivity contribution in [2.75, 3.05) is 0 Å². The molecule has 0 bridgehead atoms. The van der Waals surface area contributed by atoms with Crippen molar-refractivity contribution in [3.63, 3.8) is 0 Å². The summed E-state index contributed by atoms with van der Waals surface area (Å²) >= 11 is 6.04. The maximum absolute atomic E-state index is 14.7. The molecule has 0 saturated heterocycles. The number of carboxylic acids is 1. The van der Waals surface area contributed by atoms with Crippen molar-refractivity contribution in [2.45, 2.75) is 44.2 Å². The number of amides is 1. The van der Waals surface area contributed by atoms with Crippen LogP contribution in [0.15, 0.2) is 54.9 Å². The van der Waals surface area contributed by atoms with Crippen LogP contribution in [-0.2, 0) is 16.4 Å². The summed E-state index contributed by atoms with van der Waals surface area (Å²) in [5, 5.41) is 9.32. The number of benzene rings is 2. The normalized spacial score (nSPS) is 13.8. The van der Waals surface area contributed by atoms with Crippen LogP contribution in [0, 0.1) is 5.82 Å². The predicted octanol–water partition coefficient (Wildman–Crippen LogP) is 6.77. The van der Waals surface area contributed by atoms with E-state index in [1.807, 2.05) is 20.8 Å². The standard InChI is InChI=1S/C28H24ClF4N3O3/c1-27(2,3)19-8-7-14(11-35-19)20(21(25(34)37)13-5-4-6-15(9-13)28(31,32)33)17-12-36-24-16(17)10-18(29)23(30)22(24)26(38)39/h4-12,20-21,36H,1-3H3,(H2,34,37)(H,38,39). The van der Waals surface area contributed by atoms with Crippen molar-refractivity contribution >= 4 is 34.4 Å². The number of halogens is 5. The molecule has 11 heteroatoms. The molecule has 4 rings (SSSR count). The van der Waals surface area contributed by atoms with Gasteiger partial charge in [0.05, 0.1) is 22.0 Å². The molecule has 0 aliphatic rings. The number of carbonyl (C=O) groups excluding carboxylic acids is 1. The van der Waals surface area contributed by atoms with Gasteiger partial charge in [-0.1, -0.05) is 56.6 Å². The molecular formula is C28H24ClF4N3O3. The van der Waals surface area contributed by atoms with Gasteiger partial charge in [-0.2, -0.15) is 13.2 Å². The molecule has 2 atom stereocenters. The highest BCUT2D eigenvalue weighted by molar-refractivity contribution is 6.32. The van der Waals surface area contributed by atoms with Crippen molar-refractivity contribution in [1.82, 2.24) is 9.97 Å². The lowest BCUT2D eigenvalue weighted by atomic mass is 9.76. The van der Waals surface area contributed by atoms with Crippen LogP contribution in [0.4, 0.5) is 17.6 Å². The second-order valence-electron chi connectivity index (χ2n) is 10.2. The fraction of sp³-hybridized carbons (Fsp3) is 0.250. The minimum Gasteiger partial charge on any atom is -0.478 e. The van der Waals surface area contributed by atoms with E-state index in [1.165, 1.54) is 30.6 Å². The number of nitrogens with zero attached hydrogens (tertiary/aromatic N) is 1. The number of primary amides is 1. The monoisotopic (exact) mass is 561 g/mol. The summed E-state index contributed by atoms with van der Waals surface area (Å²) in [7, 11) is 0. The maximum Gasteiger partial charge on any atom is 0.416 e. The second kappa shape index (κ2) is 10.00. The van der Waals surface area contributed by atoms with Crippen LogP contribution in [0.3, 0.4) is 0 Å². The van der Waals surface area contributed by atoms with Gasteiger partial charge in [-0.3, -0.25) is 9.78 Å². The molecule has 0 spiro atoms. The first-order valence-electron chi connectivity index (χ1n) is 11.8. The molecule has 0 aliphatic heterocycles. The molecule has 0 fully saturated rings. The fourth-order valence-electron chi connectivity index (χ4n) is 4.70. The number of alkyl halides is 3. The molecule has 39 heavy (non-hydrogen) atoms. The highest BCUT2D eigenvalue weighted by Crippen LogP contribution is 2.44. The molecule has 2 unspecified atom stereocenters. The molecule has 0 radical (unpaired) electrons. The predicted molar refractivity (Wildman–Crippen MR) is 138 cm³/mol. The molecule has 0 saturated carbocycles. The quantitative estimate of drug-likeness (QED) is 0.226. The zero-order chi connectivity index (χ0) is 28.9. The third-order valence-electron chi connectivity index (χ3n) is 6.58. The van der Waals surface area contributed by atoms with Crippen LogP contribution in [0.5, 0.6) is 0 Å². The fourth-order valence-corrected chi connectivity index (χ4v) is 4.91. The number of carboxylic acid groups (broad SMARTS) is 1. The van der Waals surface area contributed by atoms with Crippen LogP contribution in [0.25, 0.3) is 10.9 Å². The van der Waals surface area contributed by atoms with Gasteiger partial charge in [-0.05, 0) is 34.9 Å². The van der Waals surface area contributed by atoms with Gasteiger partial charge in [0.2, 0.25) is 5.91 Å². The average Bonchev–Trinajstić information content (AvgIpc) is 3.24. The minimum absolute atomic E-state index is 0.0109. The Morgan fingerprint density at radius 1 is 1.08 bits per heavy atom. The molecule has 6 nitrogen and oxygen atoms in total. The maximum atomic E-state index is 14.7. The lowest BCUT2D eigenvalue weighted by molar-refractivity contribution is -0.137. The largest absolute Gasteiger partial charge is 0.478 e. The first-order chi connectivity index (χ1) is 18.1. The summed E-state index contributed by atoms with van der Waals surface area (Å²) < 4.78 is 55.3. The highest BCUT2D eigenvalue weighted by Gasteiger charge is 2.37. The Bertz CT molecular complexity index is 1570. The van der Waals surface area contributed by atoms with Gasteiger partial charge in [0, 0.05) is 34.8 Å². The summed E-state index contributed by atoms with van der Waals surface area (Å²) in [5.74, 6) is -6.04. The van der Waals surface area contributed by atoms with Crippen molar-refractivity contribution in [3.05, 3.63) is 99.2 Å². The minimum atomic E-state index is -4.67. The van der Waals surface area contributed by atoms with Crippen molar-refractivity contribution in [2.24, 2.45) is 5.73 Å². The molecule has 2 heterocycles. The zero-order valence-electron chi connectivity index (χ0n) is 21.0. The number of aromatic nitrogens is 2. The molecule has 0 aliphatic carbocycles. The van der Waals surface area contributed by atoms with Crippen LogP contribution >= 0.6 is 11.6 Å². The Morgan fingerprint density at radius 3 is 2.31 bits per heavy atom. The molecule has 204 valence electrons. The summed E-state index contributed by atoms with van der Waals surface area (Å²) in [6.45, 7) is 5.85. The molecular weight excluding hydrogens is 538 g/mol. The van der Waals surface area contributed by atoms with Gasteiger partial charge in [0.15, 0.2) is 5.82 Å². The lowest BCUT2D eigenvalue weighted by Crippen LogP contribution is -2.28. The molecule has 1 amide bonds. The number of nitrogens with one attached hydrogen (secondary N) is 1. The number of fused-ring (bicyclic) bond motifs is 1. The summed E-state index contributed by atoms with van der Waals surface area (Å²) in [4.78, 5) is 32.1. The smallest absolute Gasteiger partial charge is 0.416 e. The number of hydrogen-bond donors (Lipinski definition) is 3. The van der Waals surface area contributed by atoms with Crippen LogP contribution < -0.4 is 5.73 Å². The first kappa shape index (κ1) is 28.1. The van der Waals surface area contributed by atoms with Crippen LogP contribution in [-0.4, -0.2) is 27.0 Å². The number of rotatable bonds is 6. The number of hydrogen-bond acceptors (Lipinski definition) is 3. The number of nitrogens with two attached hydrogens (primary N) is 1. The SMILES string of the molecule is CC(C)(C)c1ccc(C(c2c[nH]c3c(C(=O)O)c(F)c(Cl)cc23)C(C(N)=O)c2cccc(C(F)(F)F)c2)cn1. The first-order valence-corrected chi connectivity index (χ1v) is 12.1. The van der Waals surface area contributed by atoms with E-state index < -0.39 is 51.9 Å². The van der Waals surface area contributed by atoms with E-state index in [-0.39, 0.29) is 27.4 Å². The van der Waals surface area contributed by atoms with Gasteiger partial charge in [-0.25, -0.2) is 9.18 Å². The second-order valence-corrected chi connectivity index (χ2v) is 10.6. The van der Waals surface area contributed by atoms with E-state index in [4.69, 9.17) is 17.3 Å². The van der Waals surface area contributed by atoms with E-state index in [0.717, 1.165) is 17.8 Å². The van der Waals surface area contributed by atoms with Crippen LogP contribution in [0.2, 0.25) is 5.02 Å². The Balaban J connectivity index is 2.03. The summed E-state index contributed by atoms with van der Waals surface area (Å²) in [6.07, 6.45) is -1.80. The third kappa shape index (κ3) is 5.34. The number of pyridine rings is 1. The van der Waals surface area contributed by atoms with Gasteiger partial charge >= 0.3 is 12.1 Å². The lowest BCUT2D eigenvalue weighted by Gasteiger charge is -2.27. The van der Waals surface area contributed by atoms with E-state index in [9.17, 15) is 32.3 Å². The molecule has 4 N–H and O–H groups in total. The van der Waals surface area contributed by atoms with Crippen molar-refractivity contribution in [3.8, 4) is 0 Å². The Hall–Kier alpha value is -3.92. The molecule has 2 aromatic heterocycles. The van der Waals surface area contributed by atoms with Gasteiger partial charge in [0.25, 0.3) is 0 Å². The number of H-pyrrole nitrogens is 1. The average molecular weight is 562 g/mol. The Kier molecular flexibility index (Phi) is 7.20. The van der Waals surface area contributed by atoms with Gasteiger partial charge in [-0.15, -0.1) is 0 Å².